The molecule has 0 bridgehead atoms. The fourth-order valence-electron chi connectivity index (χ4n) is 0.636. The van der Waals surface area contributed by atoms with Gasteiger partial charge in [0.25, 0.3) is 0 Å². The normalized spacial score (nSPS) is 10.0. The monoisotopic (exact) mass is 268 g/mol. The Morgan fingerprint density at radius 1 is 1.50 bits per heavy atom. The summed E-state index contributed by atoms with van der Waals surface area (Å²) in [4.78, 5) is 0.839. The van der Waals surface area contributed by atoms with Crippen molar-refractivity contribution in [2.75, 3.05) is 0 Å². The minimum absolute atomic E-state index is 0.170. The number of halogens is 2. The summed E-state index contributed by atoms with van der Waals surface area (Å²) in [5.41, 5.74) is 0.876. The van der Waals surface area contributed by atoms with Crippen molar-refractivity contribution in [3.05, 3.63) is 27.1 Å². The summed E-state index contributed by atoms with van der Waals surface area (Å²) >= 11 is 6.09. The van der Waals surface area contributed by atoms with Crippen molar-refractivity contribution in [1.29, 1.82) is 0 Å². The van der Waals surface area contributed by atoms with E-state index in [0.717, 1.165) is 10.5 Å². The van der Waals surface area contributed by atoms with E-state index >= 15 is 0 Å². The van der Waals surface area contributed by atoms with Crippen LogP contribution in [-0.2, 0) is 0 Å². The lowest BCUT2D eigenvalue weighted by atomic mass is 10.2. The average molecular weight is 268 g/mol. The first kappa shape index (κ1) is 8.33. The SMILES string of the molecule is Cc1cc(F)c(I)cc1S. The molecule has 0 aliphatic rings. The number of aryl methyl sites for hydroxylation is 1. The van der Waals surface area contributed by atoms with Crippen LogP contribution in [0.4, 0.5) is 4.39 Å². The second-order valence-corrected chi connectivity index (χ2v) is 3.70. The van der Waals surface area contributed by atoms with Crippen LogP contribution in [0, 0.1) is 16.3 Å². The van der Waals surface area contributed by atoms with Crippen LogP contribution in [0.25, 0.3) is 0 Å². The lowest BCUT2D eigenvalue weighted by Crippen LogP contribution is -1.84. The van der Waals surface area contributed by atoms with Crippen molar-refractivity contribution in [2.24, 2.45) is 0 Å². The smallest absolute Gasteiger partial charge is 0.136 e. The fourth-order valence-corrected chi connectivity index (χ4v) is 1.54. The first-order valence-electron chi connectivity index (χ1n) is 2.76. The standard InChI is InChI=1S/C7H6FIS/c1-4-2-5(8)6(9)3-7(4)10/h2-3,10H,1H3. The summed E-state index contributed by atoms with van der Waals surface area (Å²) in [7, 11) is 0. The summed E-state index contributed by atoms with van der Waals surface area (Å²) in [6.45, 7) is 1.83. The molecular weight excluding hydrogens is 262 g/mol. The van der Waals surface area contributed by atoms with Crippen molar-refractivity contribution in [1.82, 2.24) is 0 Å². The third kappa shape index (κ3) is 1.63. The molecule has 0 aromatic heterocycles. The van der Waals surface area contributed by atoms with E-state index < -0.39 is 0 Å². The Hall–Kier alpha value is 0.230. The van der Waals surface area contributed by atoms with Crippen LogP contribution in [-0.4, -0.2) is 0 Å². The maximum Gasteiger partial charge on any atom is 0.136 e. The molecule has 0 N–H and O–H groups in total. The van der Waals surface area contributed by atoms with E-state index in [4.69, 9.17) is 0 Å². The molecule has 0 heterocycles. The number of benzene rings is 1. The molecule has 0 saturated carbocycles. The van der Waals surface area contributed by atoms with Gasteiger partial charge in [-0.1, -0.05) is 0 Å². The molecule has 0 saturated heterocycles. The van der Waals surface area contributed by atoms with Gasteiger partial charge in [-0.25, -0.2) is 4.39 Å². The number of thiol groups is 1. The maximum absolute atomic E-state index is 12.7. The Balaban J connectivity index is 3.28. The summed E-state index contributed by atoms with van der Waals surface area (Å²) in [6, 6.07) is 3.21. The van der Waals surface area contributed by atoms with Gasteiger partial charge in [0, 0.05) is 8.47 Å². The van der Waals surface area contributed by atoms with Gasteiger partial charge in [0.15, 0.2) is 0 Å². The topological polar surface area (TPSA) is 0 Å². The molecule has 0 unspecified atom stereocenters. The predicted molar refractivity (Wildman–Crippen MR) is 51.1 cm³/mol. The fraction of sp³-hybridized carbons (Fsp3) is 0.143. The van der Waals surface area contributed by atoms with E-state index in [9.17, 15) is 4.39 Å². The average Bonchev–Trinajstić information content (AvgIpc) is 1.84. The molecule has 0 aliphatic heterocycles. The van der Waals surface area contributed by atoms with E-state index in [2.05, 4.69) is 12.6 Å². The predicted octanol–water partition coefficient (Wildman–Crippen LogP) is 3.03. The minimum Gasteiger partial charge on any atom is -0.206 e. The summed E-state index contributed by atoms with van der Waals surface area (Å²) in [5.74, 6) is -0.170. The highest BCUT2D eigenvalue weighted by molar-refractivity contribution is 14.1. The van der Waals surface area contributed by atoms with Crippen LogP contribution in [0.2, 0.25) is 0 Å². The molecule has 0 nitrogen and oxygen atoms in total. The van der Waals surface area contributed by atoms with Gasteiger partial charge in [-0.2, -0.15) is 0 Å². The third-order valence-corrected chi connectivity index (χ3v) is 2.55. The van der Waals surface area contributed by atoms with Gasteiger partial charge in [0.2, 0.25) is 0 Å². The molecule has 10 heavy (non-hydrogen) atoms. The van der Waals surface area contributed by atoms with Crippen molar-refractivity contribution in [3.63, 3.8) is 0 Å². The summed E-state index contributed by atoms with van der Waals surface area (Å²) < 4.78 is 13.3. The lowest BCUT2D eigenvalue weighted by molar-refractivity contribution is 0.617. The summed E-state index contributed by atoms with van der Waals surface area (Å²) in [5, 5.41) is 0. The van der Waals surface area contributed by atoms with Gasteiger partial charge in [0.05, 0.1) is 0 Å². The zero-order valence-electron chi connectivity index (χ0n) is 5.36. The molecule has 0 atom stereocenters. The molecule has 3 heteroatoms. The Bertz CT molecular complexity index is 210. The van der Waals surface area contributed by atoms with Crippen LogP contribution in [0.1, 0.15) is 5.56 Å². The van der Waals surface area contributed by atoms with Crippen LogP contribution < -0.4 is 0 Å². The Labute approximate surface area is 78.4 Å². The second kappa shape index (κ2) is 3.09. The highest BCUT2D eigenvalue weighted by Gasteiger charge is 2.00. The van der Waals surface area contributed by atoms with Crippen molar-refractivity contribution in [3.8, 4) is 0 Å². The number of hydrogen-bond donors (Lipinski definition) is 1. The van der Waals surface area contributed by atoms with E-state index in [1.54, 1.807) is 6.07 Å². The van der Waals surface area contributed by atoms with Crippen LogP contribution >= 0.6 is 35.2 Å². The molecule has 0 spiro atoms. The molecule has 1 rings (SSSR count). The zero-order chi connectivity index (χ0) is 7.72. The van der Waals surface area contributed by atoms with Gasteiger partial charge in [-0.05, 0) is 47.2 Å². The largest absolute Gasteiger partial charge is 0.206 e. The first-order chi connectivity index (χ1) is 4.61. The highest BCUT2D eigenvalue weighted by atomic mass is 127. The van der Waals surface area contributed by atoms with E-state index in [-0.39, 0.29) is 5.82 Å². The first-order valence-corrected chi connectivity index (χ1v) is 4.28. The van der Waals surface area contributed by atoms with Gasteiger partial charge >= 0.3 is 0 Å². The lowest BCUT2D eigenvalue weighted by Gasteiger charge is -1.99. The molecule has 54 valence electrons. The van der Waals surface area contributed by atoms with Crippen LogP contribution in [0.15, 0.2) is 17.0 Å². The van der Waals surface area contributed by atoms with Crippen LogP contribution in [0.3, 0.4) is 0 Å². The van der Waals surface area contributed by atoms with E-state index in [1.165, 1.54) is 6.07 Å². The maximum atomic E-state index is 12.7. The summed E-state index contributed by atoms with van der Waals surface area (Å²) in [6.07, 6.45) is 0. The molecule has 0 aliphatic carbocycles. The number of rotatable bonds is 0. The number of hydrogen-bond acceptors (Lipinski definition) is 1. The highest BCUT2D eigenvalue weighted by Crippen LogP contribution is 2.19. The molecule has 1 aromatic rings. The zero-order valence-corrected chi connectivity index (χ0v) is 8.41. The molecule has 0 radical (unpaired) electrons. The Morgan fingerprint density at radius 2 is 2.10 bits per heavy atom. The minimum atomic E-state index is -0.170. The quantitative estimate of drug-likeness (QED) is 0.542. The van der Waals surface area contributed by atoms with E-state index in [0.29, 0.717) is 3.57 Å². The van der Waals surface area contributed by atoms with Gasteiger partial charge < -0.3 is 0 Å². The Morgan fingerprint density at radius 3 is 2.60 bits per heavy atom. The molecule has 0 amide bonds. The molecular formula is C7H6FIS. The van der Waals surface area contributed by atoms with Crippen molar-refractivity contribution in [2.45, 2.75) is 11.8 Å². The third-order valence-electron chi connectivity index (χ3n) is 1.24. The van der Waals surface area contributed by atoms with Crippen molar-refractivity contribution >= 4 is 35.2 Å². The van der Waals surface area contributed by atoms with Gasteiger partial charge in [-0.15, -0.1) is 12.6 Å². The Kier molecular flexibility index (Phi) is 2.57. The molecule has 0 fully saturated rings. The second-order valence-electron chi connectivity index (χ2n) is 2.05. The molecule has 1 aromatic carbocycles. The van der Waals surface area contributed by atoms with E-state index in [1.807, 2.05) is 29.5 Å². The van der Waals surface area contributed by atoms with Gasteiger partial charge in [0.1, 0.15) is 5.82 Å². The van der Waals surface area contributed by atoms with Crippen LogP contribution in [0.5, 0.6) is 0 Å². The van der Waals surface area contributed by atoms with Gasteiger partial charge in [-0.3, -0.25) is 0 Å². The van der Waals surface area contributed by atoms with Crippen molar-refractivity contribution < 1.29 is 4.39 Å².